The van der Waals surface area contributed by atoms with Crippen LogP contribution in [0.1, 0.15) is 26.3 Å². The minimum Gasteiger partial charge on any atom is -0.457 e. The molecule has 150 valence electrons. The molecule has 0 spiro atoms. The Morgan fingerprint density at radius 1 is 0.633 bits per heavy atom. The maximum Gasteiger partial charge on any atom is 0.131 e. The molecule has 0 bridgehead atoms. The molecule has 0 N–H and O–H groups in total. The number of hydrogen-bond donors (Lipinski definition) is 0. The molecule has 4 rings (SSSR count). The van der Waals surface area contributed by atoms with E-state index in [4.69, 9.17) is 4.74 Å². The molecule has 0 fully saturated rings. The summed E-state index contributed by atoms with van der Waals surface area (Å²) in [4.78, 5) is 0. The molecule has 4 aromatic rings. The predicted octanol–water partition coefficient (Wildman–Crippen LogP) is 7.07. The lowest BCUT2D eigenvalue weighted by atomic mass is 9.86. The fourth-order valence-corrected chi connectivity index (χ4v) is 4.74. The lowest BCUT2D eigenvalue weighted by Crippen LogP contribution is -2.12. The zero-order valence-electron chi connectivity index (χ0n) is 17.7. The highest BCUT2D eigenvalue weighted by Gasteiger charge is 2.18. The van der Waals surface area contributed by atoms with Crippen LogP contribution in [0.4, 0.5) is 0 Å². The Labute approximate surface area is 181 Å². The molecule has 2 heteroatoms. The second-order valence-corrected chi connectivity index (χ2v) is 9.78. The monoisotopic (exact) mass is 410 g/mol. The van der Waals surface area contributed by atoms with Crippen LogP contribution < -0.4 is 15.3 Å². The Morgan fingerprint density at radius 3 is 2.00 bits per heavy atom. The predicted molar refractivity (Wildman–Crippen MR) is 131 cm³/mol. The highest BCUT2D eigenvalue weighted by atomic mass is 31.1. The van der Waals surface area contributed by atoms with Gasteiger partial charge in [-0.25, -0.2) is 0 Å². The smallest absolute Gasteiger partial charge is 0.131 e. The van der Waals surface area contributed by atoms with E-state index in [2.05, 4.69) is 112 Å². The van der Waals surface area contributed by atoms with Crippen molar-refractivity contribution < 1.29 is 4.74 Å². The molecule has 0 aliphatic carbocycles. The van der Waals surface area contributed by atoms with Crippen molar-refractivity contribution in [3.05, 3.63) is 109 Å². The Morgan fingerprint density at radius 2 is 1.27 bits per heavy atom. The van der Waals surface area contributed by atoms with Crippen molar-refractivity contribution in [1.82, 2.24) is 0 Å². The van der Waals surface area contributed by atoms with Gasteiger partial charge in [0.2, 0.25) is 0 Å². The average Bonchev–Trinajstić information content (AvgIpc) is 2.75. The molecule has 0 amide bonds. The van der Waals surface area contributed by atoms with Crippen LogP contribution >= 0.6 is 8.58 Å². The minimum absolute atomic E-state index is 0.0356. The first kappa shape index (κ1) is 20.4. The summed E-state index contributed by atoms with van der Waals surface area (Å²) in [5, 5.41) is 2.71. The van der Waals surface area contributed by atoms with Crippen LogP contribution in [0.5, 0.6) is 11.5 Å². The highest BCUT2D eigenvalue weighted by molar-refractivity contribution is 7.55. The van der Waals surface area contributed by atoms with Crippen LogP contribution in [0.2, 0.25) is 0 Å². The summed E-state index contributed by atoms with van der Waals surface area (Å²) in [7, 11) is 0.637. The maximum atomic E-state index is 6.25. The van der Waals surface area contributed by atoms with Crippen LogP contribution in [0.25, 0.3) is 11.1 Å². The largest absolute Gasteiger partial charge is 0.457 e. The van der Waals surface area contributed by atoms with Gasteiger partial charge in [-0.05, 0) is 45.4 Å². The van der Waals surface area contributed by atoms with E-state index in [0.29, 0.717) is 8.58 Å². The van der Waals surface area contributed by atoms with Crippen LogP contribution in [0.3, 0.4) is 0 Å². The van der Waals surface area contributed by atoms with Crippen molar-refractivity contribution in [1.29, 1.82) is 0 Å². The van der Waals surface area contributed by atoms with Gasteiger partial charge in [-0.3, -0.25) is 0 Å². The van der Waals surface area contributed by atoms with E-state index in [-0.39, 0.29) is 5.41 Å². The molecule has 0 aliphatic heterocycles. The summed E-state index contributed by atoms with van der Waals surface area (Å²) >= 11 is 0. The van der Waals surface area contributed by atoms with Crippen molar-refractivity contribution in [2.24, 2.45) is 0 Å². The number of ether oxygens (including phenoxy) is 1. The van der Waals surface area contributed by atoms with Gasteiger partial charge in [-0.1, -0.05) is 114 Å². The van der Waals surface area contributed by atoms with Gasteiger partial charge >= 0.3 is 0 Å². The summed E-state index contributed by atoms with van der Waals surface area (Å²) in [6.45, 7) is 6.63. The first-order valence-electron chi connectivity index (χ1n) is 10.3. The Balaban J connectivity index is 1.59. The molecule has 0 aromatic heterocycles. The third kappa shape index (κ3) is 4.81. The zero-order chi connectivity index (χ0) is 21.0. The number of benzene rings is 4. The van der Waals surface area contributed by atoms with E-state index in [1.165, 1.54) is 27.3 Å². The Bertz CT molecular complexity index is 1110. The average molecular weight is 410 g/mol. The zero-order valence-corrected chi connectivity index (χ0v) is 18.7. The van der Waals surface area contributed by atoms with E-state index in [0.717, 1.165) is 11.5 Å². The molecular weight excluding hydrogens is 383 g/mol. The highest BCUT2D eigenvalue weighted by Crippen LogP contribution is 2.34. The van der Waals surface area contributed by atoms with Gasteiger partial charge in [0.1, 0.15) is 11.5 Å². The topological polar surface area (TPSA) is 9.23 Å². The molecular formula is C28H27OP. The Hall–Kier alpha value is -2.89. The molecule has 30 heavy (non-hydrogen) atoms. The van der Waals surface area contributed by atoms with Gasteiger partial charge in [0.05, 0.1) is 0 Å². The standard InChI is InChI=1S/C28H27OP/c1-28(2,3)25-14-8-9-15-26(25)29-22-19-17-21(18-20-22)24-13-7-10-16-27(24)30-23-11-5-4-6-12-23/h4-20,30H,1-3H3. The first-order chi connectivity index (χ1) is 14.5. The molecule has 0 radical (unpaired) electrons. The third-order valence-electron chi connectivity index (χ3n) is 5.07. The maximum absolute atomic E-state index is 6.25. The van der Waals surface area contributed by atoms with Crippen LogP contribution in [0, 0.1) is 0 Å². The summed E-state index contributed by atoms with van der Waals surface area (Å²) < 4.78 is 6.25. The fourth-order valence-electron chi connectivity index (χ4n) is 3.53. The van der Waals surface area contributed by atoms with Crippen molar-refractivity contribution >= 4 is 19.2 Å². The van der Waals surface area contributed by atoms with E-state index in [9.17, 15) is 0 Å². The lowest BCUT2D eigenvalue weighted by Gasteiger charge is -2.22. The van der Waals surface area contributed by atoms with Crippen LogP contribution in [0.15, 0.2) is 103 Å². The van der Waals surface area contributed by atoms with Gasteiger partial charge in [0.25, 0.3) is 0 Å². The van der Waals surface area contributed by atoms with Gasteiger partial charge in [-0.15, -0.1) is 0 Å². The van der Waals surface area contributed by atoms with Crippen molar-refractivity contribution in [2.75, 3.05) is 0 Å². The number of para-hydroxylation sites is 1. The summed E-state index contributed by atoms with van der Waals surface area (Å²) in [5.74, 6) is 1.78. The molecule has 0 heterocycles. The molecule has 1 nitrogen and oxygen atoms in total. The van der Waals surface area contributed by atoms with Gasteiger partial charge in [0.15, 0.2) is 0 Å². The van der Waals surface area contributed by atoms with Gasteiger partial charge in [-0.2, -0.15) is 0 Å². The molecule has 0 aliphatic rings. The SMILES string of the molecule is CC(C)(C)c1ccccc1Oc1ccc(-c2ccccc2Pc2ccccc2)cc1. The van der Waals surface area contributed by atoms with Crippen LogP contribution in [-0.2, 0) is 5.41 Å². The van der Waals surface area contributed by atoms with Crippen molar-refractivity contribution in [2.45, 2.75) is 26.2 Å². The van der Waals surface area contributed by atoms with E-state index >= 15 is 0 Å². The molecule has 4 aromatic carbocycles. The summed E-state index contributed by atoms with van der Waals surface area (Å²) in [6, 6.07) is 36.1. The van der Waals surface area contributed by atoms with E-state index in [1.807, 2.05) is 12.1 Å². The Kier molecular flexibility index (Phi) is 6.02. The molecule has 1 unspecified atom stereocenters. The van der Waals surface area contributed by atoms with Crippen LogP contribution in [-0.4, -0.2) is 0 Å². The summed E-state index contributed by atoms with van der Waals surface area (Å²) in [5.41, 5.74) is 3.74. The van der Waals surface area contributed by atoms with Gasteiger partial charge < -0.3 is 4.74 Å². The second kappa shape index (κ2) is 8.86. The molecule has 0 saturated heterocycles. The second-order valence-electron chi connectivity index (χ2n) is 8.41. The van der Waals surface area contributed by atoms with E-state index in [1.54, 1.807) is 0 Å². The quantitative estimate of drug-likeness (QED) is 0.320. The number of hydrogen-bond acceptors (Lipinski definition) is 1. The van der Waals surface area contributed by atoms with Crippen molar-refractivity contribution in [3.63, 3.8) is 0 Å². The number of rotatable bonds is 5. The normalized spacial score (nSPS) is 11.7. The van der Waals surface area contributed by atoms with Crippen molar-refractivity contribution in [3.8, 4) is 22.6 Å². The molecule has 0 saturated carbocycles. The molecule has 1 atom stereocenters. The lowest BCUT2D eigenvalue weighted by molar-refractivity contribution is 0.455. The van der Waals surface area contributed by atoms with E-state index < -0.39 is 0 Å². The van der Waals surface area contributed by atoms with Gasteiger partial charge in [0, 0.05) is 5.56 Å². The third-order valence-corrected chi connectivity index (χ3v) is 6.40. The fraction of sp³-hybridized carbons (Fsp3) is 0.143. The first-order valence-corrected chi connectivity index (χ1v) is 11.3. The summed E-state index contributed by atoms with van der Waals surface area (Å²) in [6.07, 6.45) is 0. The minimum atomic E-state index is 0.0356.